The van der Waals surface area contributed by atoms with E-state index in [0.29, 0.717) is 29.6 Å². The average Bonchev–Trinajstić information content (AvgIpc) is 3.42. The lowest BCUT2D eigenvalue weighted by atomic mass is 9.54. The highest BCUT2D eigenvalue weighted by Crippen LogP contribution is 2.63. The van der Waals surface area contributed by atoms with Gasteiger partial charge >= 0.3 is 0 Å². The molecule has 5 atom stereocenters. The van der Waals surface area contributed by atoms with E-state index < -0.39 is 0 Å². The largest absolute Gasteiger partial charge is 0.103 e. The summed E-state index contributed by atoms with van der Waals surface area (Å²) in [4.78, 5) is 0. The molecule has 0 heteroatoms. The van der Waals surface area contributed by atoms with Gasteiger partial charge in [0.1, 0.15) is 0 Å². The summed E-state index contributed by atoms with van der Waals surface area (Å²) in [7, 11) is 0. The summed E-state index contributed by atoms with van der Waals surface area (Å²) >= 11 is 0. The van der Waals surface area contributed by atoms with E-state index >= 15 is 0 Å². The molecule has 162 valence electrons. The maximum absolute atomic E-state index is 4.15. The summed E-state index contributed by atoms with van der Waals surface area (Å²) in [5, 5.41) is 0. The normalized spacial score (nSPS) is 33.9. The first kappa shape index (κ1) is 20.8. The Morgan fingerprint density at radius 2 is 1.45 bits per heavy atom. The van der Waals surface area contributed by atoms with E-state index in [4.69, 9.17) is 0 Å². The van der Waals surface area contributed by atoms with Crippen molar-refractivity contribution in [3.8, 4) is 0 Å². The molecule has 0 N–H and O–H groups in total. The minimum atomic E-state index is 0.220. The zero-order valence-electron chi connectivity index (χ0n) is 19.3. The molecular weight excluding hydrogens is 372 g/mol. The predicted molar refractivity (Wildman–Crippen MR) is 133 cm³/mol. The molecule has 0 aliphatic heterocycles. The van der Waals surface area contributed by atoms with E-state index in [0.717, 1.165) is 12.3 Å². The van der Waals surface area contributed by atoms with Crippen LogP contribution >= 0.6 is 0 Å². The van der Waals surface area contributed by atoms with Crippen LogP contribution in [0, 0.1) is 35.5 Å². The van der Waals surface area contributed by atoms with Crippen LogP contribution in [0.5, 0.6) is 0 Å². The second-order valence-electron chi connectivity index (χ2n) is 10.6. The van der Waals surface area contributed by atoms with Crippen molar-refractivity contribution in [1.29, 1.82) is 0 Å². The quantitative estimate of drug-likeness (QED) is 0.414. The minimum absolute atomic E-state index is 0.220. The monoisotopic (exact) mass is 410 g/mol. The summed E-state index contributed by atoms with van der Waals surface area (Å²) in [5.74, 6) is 3.93. The Morgan fingerprint density at radius 3 is 2.00 bits per heavy atom. The molecule has 1 aromatic rings. The Labute approximate surface area is 189 Å². The van der Waals surface area contributed by atoms with Gasteiger partial charge in [-0.05, 0) is 80.6 Å². The number of hydrogen-bond acceptors (Lipinski definition) is 0. The molecule has 5 unspecified atom stereocenters. The third-order valence-corrected chi connectivity index (χ3v) is 8.99. The highest BCUT2D eigenvalue weighted by Gasteiger charge is 2.58. The average molecular weight is 411 g/mol. The molecule has 31 heavy (non-hydrogen) atoms. The van der Waals surface area contributed by atoms with Gasteiger partial charge in [-0.1, -0.05) is 96.9 Å². The van der Waals surface area contributed by atoms with Crippen molar-refractivity contribution in [3.05, 3.63) is 96.2 Å². The van der Waals surface area contributed by atoms with Crippen LogP contribution in [-0.2, 0) is 5.41 Å². The van der Waals surface area contributed by atoms with Gasteiger partial charge < -0.3 is 0 Å². The van der Waals surface area contributed by atoms with Crippen molar-refractivity contribution >= 4 is 0 Å². The van der Waals surface area contributed by atoms with Gasteiger partial charge in [0.2, 0.25) is 0 Å². The van der Waals surface area contributed by atoms with Crippen LogP contribution in [0.1, 0.15) is 57.9 Å². The van der Waals surface area contributed by atoms with Crippen molar-refractivity contribution in [3.63, 3.8) is 0 Å². The summed E-state index contributed by atoms with van der Waals surface area (Å²) < 4.78 is 0. The van der Waals surface area contributed by atoms with Crippen molar-refractivity contribution in [2.24, 2.45) is 35.5 Å². The lowest BCUT2D eigenvalue weighted by Crippen LogP contribution is -2.46. The van der Waals surface area contributed by atoms with Gasteiger partial charge in [0.15, 0.2) is 0 Å². The topological polar surface area (TPSA) is 0 Å². The maximum Gasteiger partial charge on any atom is 0.00240 e. The van der Waals surface area contributed by atoms with Gasteiger partial charge in [0, 0.05) is 5.41 Å². The standard InChI is InChI=1S/C31H38/c1-4-5-19-31(25-13-9-10-14-25,24-11-7-6-8-12-24)30-28-20-22(2)15-17-26(28)27-18-16-23(3)21-29(27)30/h4,6-8,11-12,15-18,20-21,25-30H,1,5,9-10,13-14,19H2,2-3H3. The smallest absolute Gasteiger partial charge is 0.00240 e. The summed E-state index contributed by atoms with van der Waals surface area (Å²) in [6.07, 6.45) is 25.2. The van der Waals surface area contributed by atoms with Crippen LogP contribution in [0.2, 0.25) is 0 Å². The molecule has 0 radical (unpaired) electrons. The zero-order chi connectivity index (χ0) is 21.4. The van der Waals surface area contributed by atoms with Crippen molar-refractivity contribution in [2.75, 3.05) is 0 Å². The highest BCUT2D eigenvalue weighted by atomic mass is 14.6. The Balaban J connectivity index is 1.72. The molecule has 5 rings (SSSR count). The van der Waals surface area contributed by atoms with E-state index in [2.05, 4.69) is 93.3 Å². The van der Waals surface area contributed by atoms with Crippen molar-refractivity contribution in [1.82, 2.24) is 0 Å². The summed E-state index contributed by atoms with van der Waals surface area (Å²) in [5.41, 5.74) is 4.71. The van der Waals surface area contributed by atoms with Gasteiger partial charge in [0.25, 0.3) is 0 Å². The van der Waals surface area contributed by atoms with E-state index in [-0.39, 0.29) is 5.41 Å². The van der Waals surface area contributed by atoms with E-state index in [1.807, 2.05) is 0 Å². The fraction of sp³-hybridized carbons (Fsp3) is 0.484. The second-order valence-corrected chi connectivity index (χ2v) is 10.6. The summed E-state index contributed by atoms with van der Waals surface area (Å²) in [6.45, 7) is 8.75. The van der Waals surface area contributed by atoms with Gasteiger partial charge in [0.05, 0.1) is 0 Å². The highest BCUT2D eigenvalue weighted by molar-refractivity contribution is 5.39. The number of fused-ring (bicyclic) bond motifs is 3. The molecular formula is C31H38. The molecule has 0 nitrogen and oxygen atoms in total. The predicted octanol–water partition coefficient (Wildman–Crippen LogP) is 8.21. The van der Waals surface area contributed by atoms with Gasteiger partial charge in [-0.2, -0.15) is 0 Å². The molecule has 0 heterocycles. The Kier molecular flexibility index (Phi) is 5.67. The van der Waals surface area contributed by atoms with Crippen LogP contribution in [0.15, 0.2) is 90.6 Å². The molecule has 0 bridgehead atoms. The van der Waals surface area contributed by atoms with Gasteiger partial charge in [-0.25, -0.2) is 0 Å². The summed E-state index contributed by atoms with van der Waals surface area (Å²) in [6, 6.07) is 11.7. The van der Waals surface area contributed by atoms with E-state index in [1.54, 1.807) is 5.56 Å². The van der Waals surface area contributed by atoms with Gasteiger partial charge in [-0.15, -0.1) is 6.58 Å². The first-order valence-electron chi connectivity index (χ1n) is 12.5. The third-order valence-electron chi connectivity index (χ3n) is 8.99. The molecule has 0 aromatic heterocycles. The fourth-order valence-electron chi connectivity index (χ4n) is 7.87. The lowest BCUT2D eigenvalue weighted by Gasteiger charge is -2.49. The van der Waals surface area contributed by atoms with Crippen LogP contribution in [0.3, 0.4) is 0 Å². The van der Waals surface area contributed by atoms with E-state index in [9.17, 15) is 0 Å². The van der Waals surface area contributed by atoms with Crippen molar-refractivity contribution < 1.29 is 0 Å². The molecule has 2 fully saturated rings. The zero-order valence-corrected chi connectivity index (χ0v) is 19.3. The molecule has 0 spiro atoms. The Morgan fingerprint density at radius 1 is 0.871 bits per heavy atom. The van der Waals surface area contributed by atoms with Crippen LogP contribution in [0.25, 0.3) is 0 Å². The minimum Gasteiger partial charge on any atom is -0.103 e. The molecule has 4 aliphatic carbocycles. The first-order chi connectivity index (χ1) is 15.1. The van der Waals surface area contributed by atoms with Gasteiger partial charge in [-0.3, -0.25) is 0 Å². The molecule has 4 aliphatic rings. The Hall–Kier alpha value is -2.08. The maximum atomic E-state index is 4.15. The first-order valence-corrected chi connectivity index (χ1v) is 12.5. The molecule has 0 saturated heterocycles. The molecule has 2 saturated carbocycles. The fourth-order valence-corrected chi connectivity index (χ4v) is 7.87. The van der Waals surface area contributed by atoms with Crippen molar-refractivity contribution in [2.45, 2.75) is 57.8 Å². The van der Waals surface area contributed by atoms with E-state index in [1.165, 1.54) is 43.3 Å². The van der Waals surface area contributed by atoms with Crippen LogP contribution in [-0.4, -0.2) is 0 Å². The Bertz CT molecular complexity index is 880. The number of benzene rings is 1. The SMILES string of the molecule is C=CCCC(c1ccccc1)(C1CCCC1)C1C2C=C(C)C=CC2C2C=CC(C)=CC21. The number of rotatable bonds is 6. The molecule has 0 amide bonds. The molecule has 1 aromatic carbocycles. The number of hydrogen-bond donors (Lipinski definition) is 0. The number of allylic oxidation sites excluding steroid dienone is 9. The second kappa shape index (κ2) is 8.45. The lowest BCUT2D eigenvalue weighted by molar-refractivity contribution is 0.109. The van der Waals surface area contributed by atoms with Crippen LogP contribution < -0.4 is 0 Å². The van der Waals surface area contributed by atoms with Crippen LogP contribution in [0.4, 0.5) is 0 Å². The third kappa shape index (κ3) is 3.43.